The number of Topliss-reactive ketones (excluding diaryl/α,β-unsaturated/α-hetero) is 1. The normalized spacial score (nSPS) is 12.3. The standard InChI is InChI=1S/C14H14O7S2.C2H4/c1-10(15)14(22(16,17)18,23(19,20)21)9-11-6-7-12-4-2-3-5-13(12)8-11;1-2/h2-8H,9H2,1H3,(H,16,17,18)(H,19,20,21);1-2H2. The maximum atomic E-state index is 11.7. The molecule has 0 aliphatic carbocycles. The minimum atomic E-state index is -5.42. The molecule has 7 nitrogen and oxygen atoms in total. The number of carbonyl (C=O) groups excluding carboxylic acids is 1. The average Bonchev–Trinajstić information content (AvgIpc) is 2.51. The SMILES string of the molecule is C=C.CC(=O)C(Cc1ccc2ccccc2c1)(S(=O)(=O)O)S(=O)(=O)O. The molecule has 0 heterocycles. The van der Waals surface area contributed by atoms with Crippen molar-refractivity contribution in [2.24, 2.45) is 0 Å². The summed E-state index contributed by atoms with van der Waals surface area (Å²) >= 11 is 0. The topological polar surface area (TPSA) is 126 Å². The third-order valence-corrected chi connectivity index (χ3v) is 7.41. The van der Waals surface area contributed by atoms with Gasteiger partial charge in [-0.1, -0.05) is 42.5 Å². The molecule has 0 fully saturated rings. The number of hydrogen-bond acceptors (Lipinski definition) is 5. The van der Waals surface area contributed by atoms with Gasteiger partial charge in [-0.15, -0.1) is 13.2 Å². The van der Waals surface area contributed by atoms with E-state index in [4.69, 9.17) is 0 Å². The minimum absolute atomic E-state index is 0.161. The lowest BCUT2D eigenvalue weighted by Gasteiger charge is -2.24. The minimum Gasteiger partial charge on any atom is -0.297 e. The maximum Gasteiger partial charge on any atom is 0.295 e. The molecule has 0 unspecified atom stereocenters. The lowest BCUT2D eigenvalue weighted by atomic mass is 10.0. The van der Waals surface area contributed by atoms with Crippen LogP contribution in [0, 0.1) is 0 Å². The van der Waals surface area contributed by atoms with Crippen molar-refractivity contribution in [2.75, 3.05) is 0 Å². The van der Waals surface area contributed by atoms with E-state index in [2.05, 4.69) is 13.2 Å². The number of carbonyl (C=O) groups is 1. The second-order valence-electron chi connectivity index (χ2n) is 5.12. The van der Waals surface area contributed by atoms with Gasteiger partial charge in [0.05, 0.1) is 0 Å². The van der Waals surface area contributed by atoms with Crippen LogP contribution in [-0.4, -0.2) is 35.8 Å². The first kappa shape index (κ1) is 21.0. The third kappa shape index (κ3) is 3.96. The summed E-state index contributed by atoms with van der Waals surface area (Å²) in [6.45, 7) is 6.68. The van der Waals surface area contributed by atoms with Crippen LogP contribution in [0.15, 0.2) is 55.6 Å². The van der Waals surface area contributed by atoms with Crippen LogP contribution in [0.3, 0.4) is 0 Å². The molecule has 0 radical (unpaired) electrons. The van der Waals surface area contributed by atoms with E-state index < -0.39 is 36.5 Å². The molecule has 0 aromatic heterocycles. The number of hydrogen-bond donors (Lipinski definition) is 2. The van der Waals surface area contributed by atoms with Gasteiger partial charge >= 0.3 is 0 Å². The van der Waals surface area contributed by atoms with Crippen LogP contribution < -0.4 is 0 Å². The van der Waals surface area contributed by atoms with Gasteiger partial charge in [0.25, 0.3) is 24.3 Å². The van der Waals surface area contributed by atoms with Gasteiger partial charge in [0.1, 0.15) is 0 Å². The molecule has 2 N–H and O–H groups in total. The zero-order valence-corrected chi connectivity index (χ0v) is 15.0. The second kappa shape index (κ2) is 7.44. The van der Waals surface area contributed by atoms with Crippen LogP contribution in [0.2, 0.25) is 0 Å². The van der Waals surface area contributed by atoms with Crippen molar-refractivity contribution in [2.45, 2.75) is 17.4 Å². The van der Waals surface area contributed by atoms with E-state index in [0.717, 1.165) is 5.39 Å². The number of benzene rings is 2. The highest BCUT2D eigenvalue weighted by Gasteiger charge is 2.59. The van der Waals surface area contributed by atoms with Crippen molar-refractivity contribution in [1.29, 1.82) is 0 Å². The molecule has 0 amide bonds. The molecular weight excluding hydrogens is 368 g/mol. The molecule has 0 spiro atoms. The summed E-state index contributed by atoms with van der Waals surface area (Å²) < 4.78 is 61.7. The molecule has 2 aromatic carbocycles. The van der Waals surface area contributed by atoms with Gasteiger partial charge in [-0.2, -0.15) is 16.8 Å². The van der Waals surface area contributed by atoms with Crippen molar-refractivity contribution in [3.8, 4) is 0 Å². The Balaban J connectivity index is 0.00000151. The van der Waals surface area contributed by atoms with Crippen molar-refractivity contribution < 1.29 is 30.7 Å². The van der Waals surface area contributed by atoms with E-state index in [0.29, 0.717) is 12.3 Å². The fourth-order valence-electron chi connectivity index (χ4n) is 2.42. The summed E-state index contributed by atoms with van der Waals surface area (Å²) in [4.78, 5) is 11.7. The molecule has 136 valence electrons. The molecule has 0 saturated heterocycles. The quantitative estimate of drug-likeness (QED) is 0.596. The molecule has 0 saturated carbocycles. The Morgan fingerprint density at radius 3 is 1.88 bits per heavy atom. The van der Waals surface area contributed by atoms with Crippen LogP contribution in [-0.2, 0) is 31.5 Å². The highest BCUT2D eigenvalue weighted by Crippen LogP contribution is 2.30. The third-order valence-electron chi connectivity index (χ3n) is 3.62. The second-order valence-corrected chi connectivity index (χ2v) is 8.67. The van der Waals surface area contributed by atoms with Crippen LogP contribution in [0.25, 0.3) is 10.8 Å². The Bertz CT molecular complexity index is 960. The number of rotatable bonds is 5. The van der Waals surface area contributed by atoms with E-state index >= 15 is 0 Å². The van der Waals surface area contributed by atoms with Crippen molar-refractivity contribution in [3.63, 3.8) is 0 Å². The Labute approximate surface area is 146 Å². The predicted molar refractivity (Wildman–Crippen MR) is 95.4 cm³/mol. The van der Waals surface area contributed by atoms with Crippen molar-refractivity contribution in [3.05, 3.63) is 61.2 Å². The van der Waals surface area contributed by atoms with Crippen LogP contribution >= 0.6 is 0 Å². The lowest BCUT2D eigenvalue weighted by Crippen LogP contribution is -2.53. The van der Waals surface area contributed by atoms with Crippen molar-refractivity contribution in [1.82, 2.24) is 0 Å². The average molecular weight is 386 g/mol. The molecule has 0 bridgehead atoms. The number of ketones is 1. The predicted octanol–water partition coefficient (Wildman–Crippen LogP) is 2.25. The van der Waals surface area contributed by atoms with Crippen LogP contribution in [0.4, 0.5) is 0 Å². The smallest absolute Gasteiger partial charge is 0.295 e. The molecule has 9 heteroatoms. The van der Waals surface area contributed by atoms with Gasteiger partial charge in [0, 0.05) is 6.42 Å². The molecule has 25 heavy (non-hydrogen) atoms. The fourth-order valence-corrected chi connectivity index (χ4v) is 4.91. The molecule has 0 aliphatic heterocycles. The van der Waals surface area contributed by atoms with Gasteiger partial charge in [0.2, 0.25) is 0 Å². The van der Waals surface area contributed by atoms with E-state index in [1.807, 2.05) is 0 Å². The van der Waals surface area contributed by atoms with E-state index in [1.54, 1.807) is 30.3 Å². The zero-order valence-electron chi connectivity index (χ0n) is 13.4. The van der Waals surface area contributed by atoms with Gasteiger partial charge in [-0.3, -0.25) is 13.9 Å². The first-order chi connectivity index (χ1) is 11.5. The Hall–Kier alpha value is -2.07. The van der Waals surface area contributed by atoms with Gasteiger partial charge in [0.15, 0.2) is 5.78 Å². The fraction of sp³-hybridized carbons (Fsp3) is 0.188. The maximum absolute atomic E-state index is 11.7. The lowest BCUT2D eigenvalue weighted by molar-refractivity contribution is -0.117. The Kier molecular flexibility index (Phi) is 6.24. The molecular formula is C16H18O7S2. The zero-order chi connectivity index (χ0) is 19.5. The number of fused-ring (bicyclic) bond motifs is 1. The molecule has 2 aromatic rings. The van der Waals surface area contributed by atoms with Crippen molar-refractivity contribution >= 4 is 36.8 Å². The van der Waals surface area contributed by atoms with Gasteiger partial charge < -0.3 is 0 Å². The van der Waals surface area contributed by atoms with E-state index in [9.17, 15) is 30.7 Å². The van der Waals surface area contributed by atoms with E-state index in [-0.39, 0.29) is 5.56 Å². The van der Waals surface area contributed by atoms with Crippen LogP contribution in [0.1, 0.15) is 12.5 Å². The summed E-state index contributed by atoms with van der Waals surface area (Å²) in [5.41, 5.74) is 0.161. The Morgan fingerprint density at radius 1 is 0.960 bits per heavy atom. The van der Waals surface area contributed by atoms with Gasteiger partial charge in [-0.25, -0.2) is 0 Å². The summed E-state index contributed by atoms with van der Waals surface area (Å²) in [7, 11) is -10.8. The largest absolute Gasteiger partial charge is 0.297 e. The van der Waals surface area contributed by atoms with Gasteiger partial charge in [-0.05, 0) is 23.3 Å². The highest BCUT2D eigenvalue weighted by atomic mass is 32.3. The molecule has 0 atom stereocenters. The van der Waals surface area contributed by atoms with E-state index in [1.165, 1.54) is 12.1 Å². The Morgan fingerprint density at radius 2 is 1.44 bits per heavy atom. The first-order valence-electron chi connectivity index (χ1n) is 6.92. The highest BCUT2D eigenvalue weighted by molar-refractivity contribution is 8.06. The first-order valence-corrected chi connectivity index (χ1v) is 9.80. The molecule has 2 rings (SSSR count). The summed E-state index contributed by atoms with van der Waals surface area (Å²) in [5, 5.41) is 1.51. The summed E-state index contributed by atoms with van der Waals surface area (Å²) in [6, 6.07) is 11.6. The monoisotopic (exact) mass is 386 g/mol. The molecule has 0 aliphatic rings. The van der Waals surface area contributed by atoms with Crippen LogP contribution in [0.5, 0.6) is 0 Å². The summed E-state index contributed by atoms with van der Waals surface area (Å²) in [6.07, 6.45) is -0.898. The summed E-state index contributed by atoms with van der Waals surface area (Å²) in [5.74, 6) is -1.39.